The average Bonchev–Trinajstić information content (AvgIpc) is 3.45. The van der Waals surface area contributed by atoms with Gasteiger partial charge in [0, 0.05) is 6.61 Å². The molecule has 0 saturated carbocycles. The van der Waals surface area contributed by atoms with Crippen molar-refractivity contribution >= 4 is 59.9 Å². The quantitative estimate of drug-likeness (QED) is 0.496. The van der Waals surface area contributed by atoms with Crippen molar-refractivity contribution in [2.45, 2.75) is 18.9 Å². The van der Waals surface area contributed by atoms with Gasteiger partial charge in [-0.2, -0.15) is 0 Å². The number of amides is 1. The molecule has 0 aliphatic carbocycles. The summed E-state index contributed by atoms with van der Waals surface area (Å²) in [7, 11) is 3.23. The molecule has 1 aliphatic heterocycles. The number of thiophene rings is 1. The molecule has 148 valence electrons. The Labute approximate surface area is 179 Å². The highest BCUT2D eigenvalue weighted by atomic mass is 79.9. The first-order chi connectivity index (χ1) is 13.6. The molecule has 6 nitrogen and oxygen atoms in total. The van der Waals surface area contributed by atoms with Gasteiger partial charge in [0.2, 0.25) is 0 Å². The number of hydrogen-bond donors (Lipinski definition) is 0. The van der Waals surface area contributed by atoms with Crippen molar-refractivity contribution in [1.29, 1.82) is 0 Å². The Hall–Kier alpha value is -1.68. The number of carbonyl (C=O) groups excluding carboxylic acids is 1. The molecule has 0 N–H and O–H groups in total. The van der Waals surface area contributed by atoms with E-state index in [4.69, 9.17) is 19.2 Å². The maximum absolute atomic E-state index is 13.3. The van der Waals surface area contributed by atoms with Crippen LogP contribution in [0.3, 0.4) is 0 Å². The molecule has 4 rings (SSSR count). The van der Waals surface area contributed by atoms with E-state index in [1.54, 1.807) is 19.1 Å². The topological polar surface area (TPSA) is 60.9 Å². The summed E-state index contributed by atoms with van der Waals surface area (Å²) in [5.41, 5.74) is 0.694. The fraction of sp³-hybridized carbons (Fsp3) is 0.368. The zero-order valence-electron chi connectivity index (χ0n) is 15.4. The number of hydrogen-bond acceptors (Lipinski definition) is 7. The third kappa shape index (κ3) is 3.76. The van der Waals surface area contributed by atoms with Crippen molar-refractivity contribution in [3.8, 4) is 11.5 Å². The molecule has 0 spiro atoms. The molecular weight excluding hydrogens is 464 g/mol. The first kappa shape index (κ1) is 19.6. The van der Waals surface area contributed by atoms with Crippen LogP contribution in [0.2, 0.25) is 0 Å². The summed E-state index contributed by atoms with van der Waals surface area (Å²) in [5, 5.41) is 0.614. The molecule has 1 fully saturated rings. The van der Waals surface area contributed by atoms with Gasteiger partial charge in [0.1, 0.15) is 21.7 Å². The number of anilines is 1. The first-order valence-electron chi connectivity index (χ1n) is 8.81. The maximum atomic E-state index is 13.3. The third-order valence-corrected chi connectivity index (χ3v) is 7.27. The van der Waals surface area contributed by atoms with Crippen LogP contribution in [0, 0.1) is 0 Å². The van der Waals surface area contributed by atoms with E-state index < -0.39 is 0 Å². The van der Waals surface area contributed by atoms with Crippen LogP contribution < -0.4 is 14.4 Å². The SMILES string of the molecule is COc1ccc(OC)c2sc(N(CC3CCCO3)C(=O)c3ccc(Br)s3)nc12. The van der Waals surface area contributed by atoms with Crippen molar-refractivity contribution in [3.63, 3.8) is 0 Å². The molecule has 9 heteroatoms. The van der Waals surface area contributed by atoms with E-state index in [-0.39, 0.29) is 12.0 Å². The summed E-state index contributed by atoms with van der Waals surface area (Å²) in [6.07, 6.45) is 1.97. The molecule has 28 heavy (non-hydrogen) atoms. The minimum absolute atomic E-state index is 0.0168. The Balaban J connectivity index is 1.77. The van der Waals surface area contributed by atoms with Crippen LogP contribution in [0.5, 0.6) is 11.5 Å². The van der Waals surface area contributed by atoms with E-state index in [1.807, 2.05) is 24.3 Å². The summed E-state index contributed by atoms with van der Waals surface area (Å²) in [5.74, 6) is 1.29. The number of fused-ring (bicyclic) bond motifs is 1. The average molecular weight is 483 g/mol. The second kappa shape index (κ2) is 8.36. The number of benzene rings is 1. The van der Waals surface area contributed by atoms with E-state index in [0.717, 1.165) is 27.9 Å². The Morgan fingerprint density at radius 2 is 2.04 bits per heavy atom. The number of thiazole rings is 1. The van der Waals surface area contributed by atoms with Gasteiger partial charge in [-0.05, 0) is 53.0 Å². The molecule has 0 radical (unpaired) electrons. The number of ether oxygens (including phenoxy) is 3. The Kier molecular flexibility index (Phi) is 5.86. The van der Waals surface area contributed by atoms with Crippen molar-refractivity contribution in [2.24, 2.45) is 0 Å². The largest absolute Gasteiger partial charge is 0.495 e. The number of carbonyl (C=O) groups is 1. The molecule has 3 heterocycles. The molecule has 1 saturated heterocycles. The lowest BCUT2D eigenvalue weighted by Gasteiger charge is -2.22. The lowest BCUT2D eigenvalue weighted by molar-refractivity contribution is 0.0920. The predicted octanol–water partition coefficient (Wildman–Crippen LogP) is 4.96. The maximum Gasteiger partial charge on any atom is 0.270 e. The highest BCUT2D eigenvalue weighted by Crippen LogP contribution is 2.41. The molecule has 1 unspecified atom stereocenters. The molecule has 2 aromatic heterocycles. The molecule has 3 aromatic rings. The van der Waals surface area contributed by atoms with Crippen LogP contribution in [0.4, 0.5) is 5.13 Å². The Bertz CT molecular complexity index is 956. The lowest BCUT2D eigenvalue weighted by atomic mass is 10.2. The van der Waals surface area contributed by atoms with Crippen molar-refractivity contribution in [1.82, 2.24) is 4.98 Å². The van der Waals surface area contributed by atoms with Crippen LogP contribution in [-0.4, -0.2) is 44.4 Å². The molecule has 1 atom stereocenters. The Morgan fingerprint density at radius 1 is 1.25 bits per heavy atom. The van der Waals surface area contributed by atoms with E-state index in [2.05, 4.69) is 15.9 Å². The molecule has 0 bridgehead atoms. The van der Waals surface area contributed by atoms with Gasteiger partial charge in [-0.25, -0.2) is 4.98 Å². The van der Waals surface area contributed by atoms with Crippen molar-refractivity contribution < 1.29 is 19.0 Å². The standard InChI is InChI=1S/C19H19BrN2O4S2/c1-24-12-5-6-13(25-2)17-16(12)21-19(28-17)22(10-11-4-3-9-26-11)18(23)14-7-8-15(20)27-14/h5-8,11H,3-4,9-10H2,1-2H3. The molecular formula is C19H19BrN2O4S2. The lowest BCUT2D eigenvalue weighted by Crippen LogP contribution is -2.37. The summed E-state index contributed by atoms with van der Waals surface area (Å²) >= 11 is 6.27. The van der Waals surface area contributed by atoms with Crippen molar-refractivity contribution in [3.05, 3.63) is 32.9 Å². The van der Waals surface area contributed by atoms with E-state index in [9.17, 15) is 4.79 Å². The fourth-order valence-electron chi connectivity index (χ4n) is 3.19. The molecule has 1 aromatic carbocycles. The summed E-state index contributed by atoms with van der Waals surface area (Å²) in [6.45, 7) is 1.21. The summed E-state index contributed by atoms with van der Waals surface area (Å²) in [6, 6.07) is 7.39. The zero-order valence-corrected chi connectivity index (χ0v) is 18.7. The number of rotatable bonds is 6. The minimum Gasteiger partial charge on any atom is -0.495 e. The minimum atomic E-state index is -0.0804. The van der Waals surface area contributed by atoms with Crippen molar-refractivity contribution in [2.75, 3.05) is 32.3 Å². The van der Waals surface area contributed by atoms with Crippen LogP contribution in [-0.2, 0) is 4.74 Å². The van der Waals surface area contributed by atoms with Gasteiger partial charge in [0.25, 0.3) is 5.91 Å². The van der Waals surface area contributed by atoms with E-state index in [1.165, 1.54) is 22.7 Å². The molecule has 1 aliphatic rings. The second-order valence-electron chi connectivity index (χ2n) is 6.30. The van der Waals surface area contributed by atoms with Crippen LogP contribution in [0.15, 0.2) is 28.1 Å². The highest BCUT2D eigenvalue weighted by Gasteiger charge is 2.28. The normalized spacial score (nSPS) is 16.5. The highest BCUT2D eigenvalue weighted by molar-refractivity contribution is 9.11. The fourth-order valence-corrected chi connectivity index (χ4v) is 5.61. The Morgan fingerprint density at radius 3 is 2.68 bits per heavy atom. The third-order valence-electron chi connectivity index (χ3n) is 4.57. The van der Waals surface area contributed by atoms with Crippen LogP contribution in [0.1, 0.15) is 22.5 Å². The summed E-state index contributed by atoms with van der Waals surface area (Å²) < 4.78 is 18.5. The van der Waals surface area contributed by atoms with Gasteiger partial charge in [-0.3, -0.25) is 9.69 Å². The van der Waals surface area contributed by atoms with E-state index >= 15 is 0 Å². The van der Waals surface area contributed by atoms with Crippen LogP contribution >= 0.6 is 38.6 Å². The second-order valence-corrected chi connectivity index (χ2v) is 9.74. The smallest absolute Gasteiger partial charge is 0.270 e. The number of halogens is 1. The van der Waals surface area contributed by atoms with Gasteiger partial charge < -0.3 is 14.2 Å². The predicted molar refractivity (Wildman–Crippen MR) is 115 cm³/mol. The van der Waals surface area contributed by atoms with E-state index in [0.29, 0.717) is 33.6 Å². The van der Waals surface area contributed by atoms with Gasteiger partial charge in [0.15, 0.2) is 5.13 Å². The number of nitrogens with zero attached hydrogens (tertiary/aromatic N) is 2. The van der Waals surface area contributed by atoms with Gasteiger partial charge >= 0.3 is 0 Å². The monoisotopic (exact) mass is 482 g/mol. The molecule has 1 amide bonds. The van der Waals surface area contributed by atoms with Gasteiger partial charge in [-0.15, -0.1) is 11.3 Å². The zero-order chi connectivity index (χ0) is 19.7. The first-order valence-corrected chi connectivity index (χ1v) is 11.2. The summed E-state index contributed by atoms with van der Waals surface area (Å²) in [4.78, 5) is 20.4. The van der Waals surface area contributed by atoms with Gasteiger partial charge in [0.05, 0.1) is 35.5 Å². The van der Waals surface area contributed by atoms with Crippen LogP contribution in [0.25, 0.3) is 10.2 Å². The van der Waals surface area contributed by atoms with Gasteiger partial charge in [-0.1, -0.05) is 11.3 Å². The number of aromatic nitrogens is 1. The number of methoxy groups -OCH3 is 2.